The lowest BCUT2D eigenvalue weighted by molar-refractivity contribution is -0.116. The molecule has 22 heavy (non-hydrogen) atoms. The van der Waals surface area contributed by atoms with Gasteiger partial charge in [-0.2, -0.15) is 0 Å². The zero-order valence-corrected chi connectivity index (χ0v) is 12.4. The van der Waals surface area contributed by atoms with Crippen LogP contribution in [0.4, 0.5) is 5.69 Å². The number of nitrogens with one attached hydrogen (secondary N) is 1. The molecular formula is C17H18N2O3. The second-order valence-corrected chi connectivity index (χ2v) is 5.11. The van der Waals surface area contributed by atoms with Gasteiger partial charge in [0.25, 0.3) is 0 Å². The number of anilines is 1. The van der Waals surface area contributed by atoms with Crippen LogP contribution in [0.1, 0.15) is 34.3 Å². The Morgan fingerprint density at radius 1 is 1.18 bits per heavy atom. The van der Waals surface area contributed by atoms with Gasteiger partial charge in [0.05, 0.1) is 17.4 Å². The van der Waals surface area contributed by atoms with Gasteiger partial charge in [-0.05, 0) is 31.4 Å². The quantitative estimate of drug-likeness (QED) is 0.859. The summed E-state index contributed by atoms with van der Waals surface area (Å²) in [5.74, 6) is -1.29. The van der Waals surface area contributed by atoms with Gasteiger partial charge in [-0.3, -0.25) is 9.78 Å². The molecule has 0 aliphatic rings. The topological polar surface area (TPSA) is 79.3 Å². The standard InChI is InChI=1S/C17H18N2O3/c1-12-5-7-13(8-6-12)3-2-4-16(20)19-15-11-18-10-9-14(15)17(21)22/h5-11H,2-4H2,1H3,(H,19,20)(H,21,22). The second-order valence-electron chi connectivity index (χ2n) is 5.11. The van der Waals surface area contributed by atoms with Crippen LogP contribution in [0.2, 0.25) is 0 Å². The van der Waals surface area contributed by atoms with Gasteiger partial charge >= 0.3 is 5.97 Å². The van der Waals surface area contributed by atoms with Crippen molar-refractivity contribution < 1.29 is 14.7 Å². The van der Waals surface area contributed by atoms with E-state index in [1.165, 1.54) is 29.6 Å². The lowest BCUT2D eigenvalue weighted by atomic mass is 10.1. The third-order valence-corrected chi connectivity index (χ3v) is 3.32. The highest BCUT2D eigenvalue weighted by Crippen LogP contribution is 2.14. The highest BCUT2D eigenvalue weighted by molar-refractivity contribution is 6.00. The van der Waals surface area contributed by atoms with E-state index in [1.54, 1.807) is 0 Å². The zero-order valence-electron chi connectivity index (χ0n) is 12.4. The van der Waals surface area contributed by atoms with E-state index in [9.17, 15) is 9.59 Å². The van der Waals surface area contributed by atoms with Crippen LogP contribution in [0.5, 0.6) is 0 Å². The molecule has 0 unspecified atom stereocenters. The monoisotopic (exact) mass is 298 g/mol. The Morgan fingerprint density at radius 3 is 2.59 bits per heavy atom. The maximum absolute atomic E-state index is 11.9. The number of aryl methyl sites for hydroxylation is 2. The first-order valence-electron chi connectivity index (χ1n) is 7.09. The van der Waals surface area contributed by atoms with E-state index in [1.807, 2.05) is 19.1 Å². The van der Waals surface area contributed by atoms with Crippen molar-refractivity contribution in [1.82, 2.24) is 4.98 Å². The van der Waals surface area contributed by atoms with E-state index >= 15 is 0 Å². The van der Waals surface area contributed by atoms with E-state index in [0.717, 1.165) is 6.42 Å². The Kier molecular flexibility index (Phi) is 5.25. The molecule has 0 aliphatic heterocycles. The van der Waals surface area contributed by atoms with E-state index in [-0.39, 0.29) is 17.2 Å². The molecule has 2 N–H and O–H groups in total. The van der Waals surface area contributed by atoms with Crippen molar-refractivity contribution in [3.8, 4) is 0 Å². The first-order valence-corrected chi connectivity index (χ1v) is 7.09. The number of carboxylic acids is 1. The molecule has 0 aliphatic carbocycles. The van der Waals surface area contributed by atoms with Crippen molar-refractivity contribution in [3.63, 3.8) is 0 Å². The number of amides is 1. The maximum Gasteiger partial charge on any atom is 0.337 e. The van der Waals surface area contributed by atoms with Crippen molar-refractivity contribution in [2.75, 3.05) is 5.32 Å². The van der Waals surface area contributed by atoms with Crippen LogP contribution in [-0.4, -0.2) is 22.0 Å². The lowest BCUT2D eigenvalue weighted by Gasteiger charge is -2.07. The lowest BCUT2D eigenvalue weighted by Crippen LogP contribution is -2.14. The van der Waals surface area contributed by atoms with E-state index < -0.39 is 5.97 Å². The van der Waals surface area contributed by atoms with Gasteiger partial charge in [0.15, 0.2) is 0 Å². The smallest absolute Gasteiger partial charge is 0.337 e. The summed E-state index contributed by atoms with van der Waals surface area (Å²) in [4.78, 5) is 26.8. The minimum atomic E-state index is -1.09. The zero-order chi connectivity index (χ0) is 15.9. The molecule has 2 aromatic rings. The Labute approximate surface area is 129 Å². The van der Waals surface area contributed by atoms with E-state index in [4.69, 9.17) is 5.11 Å². The largest absolute Gasteiger partial charge is 0.478 e. The number of benzene rings is 1. The Balaban J connectivity index is 1.86. The van der Waals surface area contributed by atoms with Gasteiger partial charge in [0, 0.05) is 12.6 Å². The first kappa shape index (κ1) is 15.7. The number of hydrogen-bond donors (Lipinski definition) is 2. The van der Waals surface area contributed by atoms with Crippen molar-refractivity contribution in [1.29, 1.82) is 0 Å². The predicted octanol–water partition coefficient (Wildman–Crippen LogP) is 3.05. The number of aromatic nitrogens is 1. The molecule has 1 aromatic heterocycles. The van der Waals surface area contributed by atoms with Crippen LogP contribution in [0.3, 0.4) is 0 Å². The molecule has 0 saturated heterocycles. The van der Waals surface area contributed by atoms with Gasteiger partial charge < -0.3 is 10.4 Å². The number of rotatable bonds is 6. The fourth-order valence-electron chi connectivity index (χ4n) is 2.10. The fraction of sp³-hybridized carbons (Fsp3) is 0.235. The Bertz CT molecular complexity index is 666. The molecule has 5 heteroatoms. The summed E-state index contributed by atoms with van der Waals surface area (Å²) in [5.41, 5.74) is 2.67. The highest BCUT2D eigenvalue weighted by Gasteiger charge is 2.12. The SMILES string of the molecule is Cc1ccc(CCCC(=O)Nc2cnccc2C(=O)O)cc1. The second kappa shape index (κ2) is 7.36. The van der Waals surface area contributed by atoms with Crippen LogP contribution in [0, 0.1) is 6.92 Å². The first-order chi connectivity index (χ1) is 10.6. The highest BCUT2D eigenvalue weighted by atomic mass is 16.4. The van der Waals surface area contributed by atoms with Crippen LogP contribution in [-0.2, 0) is 11.2 Å². The number of carbonyl (C=O) groups is 2. The van der Waals surface area contributed by atoms with Crippen LogP contribution >= 0.6 is 0 Å². The van der Waals surface area contributed by atoms with Crippen LogP contribution in [0.25, 0.3) is 0 Å². The van der Waals surface area contributed by atoms with E-state index in [0.29, 0.717) is 12.8 Å². The molecule has 0 bridgehead atoms. The fourth-order valence-corrected chi connectivity index (χ4v) is 2.10. The average molecular weight is 298 g/mol. The number of carboxylic acid groups (broad SMARTS) is 1. The Morgan fingerprint density at radius 2 is 1.91 bits per heavy atom. The summed E-state index contributed by atoms with van der Waals surface area (Å²) >= 11 is 0. The number of pyridine rings is 1. The average Bonchev–Trinajstić information content (AvgIpc) is 2.49. The summed E-state index contributed by atoms with van der Waals surface area (Å²) in [7, 11) is 0. The number of nitrogens with zero attached hydrogens (tertiary/aromatic N) is 1. The molecular weight excluding hydrogens is 280 g/mol. The van der Waals surface area contributed by atoms with Crippen molar-refractivity contribution in [3.05, 3.63) is 59.4 Å². The molecule has 0 atom stereocenters. The van der Waals surface area contributed by atoms with Crippen molar-refractivity contribution >= 4 is 17.6 Å². The van der Waals surface area contributed by atoms with Crippen LogP contribution in [0.15, 0.2) is 42.7 Å². The number of hydrogen-bond acceptors (Lipinski definition) is 3. The minimum absolute atomic E-state index is 0.0434. The maximum atomic E-state index is 11.9. The van der Waals surface area contributed by atoms with Gasteiger partial charge in [0.2, 0.25) is 5.91 Å². The number of aromatic carboxylic acids is 1. The van der Waals surface area contributed by atoms with Gasteiger partial charge in [-0.1, -0.05) is 29.8 Å². The molecule has 1 heterocycles. The van der Waals surface area contributed by atoms with Gasteiger partial charge in [-0.25, -0.2) is 4.79 Å². The summed E-state index contributed by atoms with van der Waals surface area (Å²) in [6.07, 6.45) is 4.59. The molecule has 114 valence electrons. The summed E-state index contributed by atoms with van der Waals surface area (Å²) in [5, 5.41) is 11.7. The summed E-state index contributed by atoms with van der Waals surface area (Å²) in [6, 6.07) is 9.56. The third-order valence-electron chi connectivity index (χ3n) is 3.32. The van der Waals surface area contributed by atoms with Crippen LogP contribution < -0.4 is 5.32 Å². The molecule has 0 radical (unpaired) electrons. The van der Waals surface area contributed by atoms with Crippen molar-refractivity contribution in [2.24, 2.45) is 0 Å². The molecule has 0 fully saturated rings. The third kappa shape index (κ3) is 4.41. The summed E-state index contributed by atoms with van der Waals surface area (Å²) < 4.78 is 0. The van der Waals surface area contributed by atoms with Crippen molar-refractivity contribution in [2.45, 2.75) is 26.2 Å². The Hall–Kier alpha value is -2.69. The summed E-state index contributed by atoms with van der Waals surface area (Å²) in [6.45, 7) is 2.03. The van der Waals surface area contributed by atoms with Gasteiger partial charge in [-0.15, -0.1) is 0 Å². The molecule has 5 nitrogen and oxygen atoms in total. The van der Waals surface area contributed by atoms with E-state index in [2.05, 4.69) is 22.4 Å². The molecule has 2 rings (SSSR count). The molecule has 1 amide bonds. The molecule has 0 saturated carbocycles. The molecule has 0 spiro atoms. The molecule has 1 aromatic carbocycles. The normalized spacial score (nSPS) is 10.2. The number of carbonyl (C=O) groups excluding carboxylic acids is 1. The van der Waals surface area contributed by atoms with Gasteiger partial charge in [0.1, 0.15) is 0 Å². The minimum Gasteiger partial charge on any atom is -0.478 e. The predicted molar refractivity (Wildman–Crippen MR) is 83.9 cm³/mol.